The van der Waals surface area contributed by atoms with Crippen molar-refractivity contribution in [1.29, 1.82) is 0 Å². The number of anilines is 1. The van der Waals surface area contributed by atoms with E-state index in [1.807, 2.05) is 57.2 Å². The number of carbonyl (C=O) groups is 1. The molecule has 26 heavy (non-hydrogen) atoms. The van der Waals surface area contributed by atoms with Gasteiger partial charge in [0.1, 0.15) is 5.60 Å². The molecule has 1 aliphatic heterocycles. The molecule has 0 fully saturated rings. The molecule has 6 heteroatoms. The molecule has 134 valence electrons. The maximum Gasteiger partial charge on any atom is 0.262 e. The van der Waals surface area contributed by atoms with Gasteiger partial charge in [-0.2, -0.15) is 0 Å². The molecule has 0 saturated heterocycles. The number of fused-ring (bicyclic) bond motifs is 2. The number of ether oxygens (including phenoxy) is 2. The number of rotatable bonds is 4. The summed E-state index contributed by atoms with van der Waals surface area (Å²) in [6.45, 7) is 5.99. The Morgan fingerprint density at radius 2 is 2.19 bits per heavy atom. The first-order chi connectivity index (χ1) is 12.4. The van der Waals surface area contributed by atoms with Gasteiger partial charge in [-0.15, -0.1) is 11.3 Å². The van der Waals surface area contributed by atoms with Crippen LogP contribution in [0.2, 0.25) is 0 Å². The number of benzene rings is 2. The predicted octanol–water partition coefficient (Wildman–Crippen LogP) is 4.34. The Kier molecular flexibility index (Phi) is 4.07. The van der Waals surface area contributed by atoms with Gasteiger partial charge in [0.05, 0.1) is 15.2 Å². The fourth-order valence-electron chi connectivity index (χ4n) is 3.16. The van der Waals surface area contributed by atoms with E-state index < -0.39 is 0 Å². The zero-order valence-corrected chi connectivity index (χ0v) is 15.8. The van der Waals surface area contributed by atoms with Crippen molar-refractivity contribution in [2.24, 2.45) is 0 Å². The summed E-state index contributed by atoms with van der Waals surface area (Å²) >= 11 is 1.61. The molecule has 1 amide bonds. The molecule has 0 saturated carbocycles. The summed E-state index contributed by atoms with van der Waals surface area (Å²) in [6, 6.07) is 11.5. The summed E-state index contributed by atoms with van der Waals surface area (Å²) < 4.78 is 12.7. The average molecular weight is 368 g/mol. The van der Waals surface area contributed by atoms with Crippen molar-refractivity contribution in [3.8, 4) is 11.5 Å². The van der Waals surface area contributed by atoms with Gasteiger partial charge in [0.15, 0.2) is 18.1 Å². The molecule has 0 bridgehead atoms. The number of thiazole rings is 1. The minimum atomic E-state index is -0.244. The van der Waals surface area contributed by atoms with Crippen molar-refractivity contribution in [2.45, 2.75) is 32.8 Å². The molecule has 1 N–H and O–H groups in total. The van der Waals surface area contributed by atoms with Crippen LogP contribution in [-0.4, -0.2) is 23.1 Å². The van der Waals surface area contributed by atoms with Crippen molar-refractivity contribution in [3.63, 3.8) is 0 Å². The van der Waals surface area contributed by atoms with Gasteiger partial charge in [-0.05, 0) is 45.0 Å². The zero-order chi connectivity index (χ0) is 18.3. The maximum atomic E-state index is 12.3. The smallest absolute Gasteiger partial charge is 0.262 e. The van der Waals surface area contributed by atoms with Gasteiger partial charge in [0, 0.05) is 17.7 Å². The van der Waals surface area contributed by atoms with Crippen molar-refractivity contribution >= 4 is 33.1 Å². The minimum absolute atomic E-state index is 0.0694. The minimum Gasteiger partial charge on any atom is -0.483 e. The Labute approximate surface area is 156 Å². The zero-order valence-electron chi connectivity index (χ0n) is 15.0. The summed E-state index contributed by atoms with van der Waals surface area (Å²) in [5, 5.41) is 3.88. The highest BCUT2D eigenvalue weighted by Gasteiger charge is 2.32. The summed E-state index contributed by atoms with van der Waals surface area (Å²) in [6.07, 6.45) is 0.833. The highest BCUT2D eigenvalue weighted by atomic mass is 32.1. The molecule has 1 aromatic heterocycles. The largest absolute Gasteiger partial charge is 0.483 e. The normalized spacial score (nSPS) is 14.7. The second-order valence-corrected chi connectivity index (χ2v) is 8.27. The molecule has 0 aliphatic carbocycles. The van der Waals surface area contributed by atoms with E-state index >= 15 is 0 Å². The lowest BCUT2D eigenvalue weighted by Crippen LogP contribution is -2.25. The van der Waals surface area contributed by atoms with E-state index in [2.05, 4.69) is 10.3 Å². The van der Waals surface area contributed by atoms with Gasteiger partial charge >= 0.3 is 0 Å². The SMILES string of the molecule is Cc1nc2ccc(NC(=O)COc3cccc4c3OC(C)(C)C4)cc2s1. The lowest BCUT2D eigenvalue weighted by molar-refractivity contribution is -0.118. The van der Waals surface area contributed by atoms with Gasteiger partial charge in [-0.25, -0.2) is 4.98 Å². The van der Waals surface area contributed by atoms with Crippen LogP contribution in [0, 0.1) is 6.92 Å². The molecule has 0 spiro atoms. The number of carbonyl (C=O) groups excluding carboxylic acids is 1. The number of amides is 1. The Hall–Kier alpha value is -2.60. The van der Waals surface area contributed by atoms with Crippen LogP contribution in [0.25, 0.3) is 10.2 Å². The topological polar surface area (TPSA) is 60.5 Å². The summed E-state index contributed by atoms with van der Waals surface area (Å²) in [5.74, 6) is 1.14. The van der Waals surface area contributed by atoms with E-state index in [1.54, 1.807) is 11.3 Å². The third kappa shape index (κ3) is 3.37. The fraction of sp³-hybridized carbons (Fsp3) is 0.300. The van der Waals surface area contributed by atoms with E-state index in [-0.39, 0.29) is 18.1 Å². The lowest BCUT2D eigenvalue weighted by atomic mass is 10.0. The predicted molar refractivity (Wildman–Crippen MR) is 103 cm³/mol. The van der Waals surface area contributed by atoms with Crippen LogP contribution in [0.5, 0.6) is 11.5 Å². The van der Waals surface area contributed by atoms with E-state index in [0.717, 1.165) is 38.6 Å². The number of aryl methyl sites for hydroxylation is 1. The number of aromatic nitrogens is 1. The van der Waals surface area contributed by atoms with Crippen LogP contribution in [0.15, 0.2) is 36.4 Å². The molecule has 1 aliphatic rings. The van der Waals surface area contributed by atoms with Gasteiger partial charge in [-0.3, -0.25) is 4.79 Å². The number of hydrogen-bond donors (Lipinski definition) is 1. The van der Waals surface area contributed by atoms with E-state index in [0.29, 0.717) is 5.75 Å². The first kappa shape index (κ1) is 16.8. The molecule has 0 unspecified atom stereocenters. The summed E-state index contributed by atoms with van der Waals surface area (Å²) in [5.41, 5.74) is 2.55. The molecule has 0 radical (unpaired) electrons. The van der Waals surface area contributed by atoms with Gasteiger partial charge in [0.25, 0.3) is 5.91 Å². The Morgan fingerprint density at radius 1 is 1.35 bits per heavy atom. The molecule has 3 aromatic rings. The van der Waals surface area contributed by atoms with Crippen molar-refractivity contribution in [3.05, 3.63) is 47.0 Å². The van der Waals surface area contributed by atoms with Crippen LogP contribution in [0.4, 0.5) is 5.69 Å². The first-order valence-corrected chi connectivity index (χ1v) is 9.32. The number of hydrogen-bond acceptors (Lipinski definition) is 5. The van der Waals surface area contributed by atoms with Gasteiger partial charge in [-0.1, -0.05) is 12.1 Å². The Balaban J connectivity index is 1.42. The van der Waals surface area contributed by atoms with Crippen molar-refractivity contribution < 1.29 is 14.3 Å². The monoisotopic (exact) mass is 368 g/mol. The van der Waals surface area contributed by atoms with Crippen molar-refractivity contribution in [1.82, 2.24) is 4.98 Å². The van der Waals surface area contributed by atoms with Crippen LogP contribution < -0.4 is 14.8 Å². The van der Waals surface area contributed by atoms with E-state index in [1.165, 1.54) is 0 Å². The van der Waals surface area contributed by atoms with Crippen LogP contribution >= 0.6 is 11.3 Å². The molecule has 2 aromatic carbocycles. The molecule has 4 rings (SSSR count). The number of nitrogens with zero attached hydrogens (tertiary/aromatic N) is 1. The number of nitrogens with one attached hydrogen (secondary N) is 1. The molecular formula is C20H20N2O3S. The quantitative estimate of drug-likeness (QED) is 0.744. The standard InChI is InChI=1S/C20H20N2O3S/c1-12-21-15-8-7-14(9-17(15)26-12)22-18(23)11-24-16-6-4-5-13-10-20(2,3)25-19(13)16/h4-9H,10-11H2,1-3H3,(H,22,23). The second-order valence-electron chi connectivity index (χ2n) is 7.04. The van der Waals surface area contributed by atoms with Crippen LogP contribution in [-0.2, 0) is 11.2 Å². The summed E-state index contributed by atoms with van der Waals surface area (Å²) in [4.78, 5) is 16.7. The third-order valence-electron chi connectivity index (χ3n) is 4.19. The fourth-order valence-corrected chi connectivity index (χ4v) is 4.03. The Morgan fingerprint density at radius 3 is 3.04 bits per heavy atom. The van der Waals surface area contributed by atoms with Gasteiger partial charge in [0.2, 0.25) is 0 Å². The molecule has 5 nitrogen and oxygen atoms in total. The van der Waals surface area contributed by atoms with Crippen LogP contribution in [0.1, 0.15) is 24.4 Å². The van der Waals surface area contributed by atoms with E-state index in [9.17, 15) is 4.79 Å². The molecular weight excluding hydrogens is 348 g/mol. The van der Waals surface area contributed by atoms with Crippen molar-refractivity contribution in [2.75, 3.05) is 11.9 Å². The third-order valence-corrected chi connectivity index (χ3v) is 5.13. The highest BCUT2D eigenvalue weighted by molar-refractivity contribution is 7.18. The molecule has 2 heterocycles. The van der Waals surface area contributed by atoms with E-state index in [4.69, 9.17) is 9.47 Å². The lowest BCUT2D eigenvalue weighted by Gasteiger charge is -2.18. The molecule has 0 atom stereocenters. The van der Waals surface area contributed by atoms with Crippen LogP contribution in [0.3, 0.4) is 0 Å². The highest BCUT2D eigenvalue weighted by Crippen LogP contribution is 2.41. The Bertz CT molecular complexity index is 994. The average Bonchev–Trinajstić information content (AvgIpc) is 3.09. The first-order valence-electron chi connectivity index (χ1n) is 8.50. The van der Waals surface area contributed by atoms with Gasteiger partial charge < -0.3 is 14.8 Å². The summed E-state index contributed by atoms with van der Waals surface area (Å²) in [7, 11) is 0. The number of para-hydroxylation sites is 1. The maximum absolute atomic E-state index is 12.3. The second kappa shape index (κ2) is 6.29.